The fraction of sp³-hybridized carbons (Fsp3) is 0.500. The number of ether oxygens (including phenoxy) is 1. The van der Waals surface area contributed by atoms with Crippen molar-refractivity contribution in [1.29, 1.82) is 0 Å². The molecule has 1 fully saturated rings. The lowest BCUT2D eigenvalue weighted by atomic mass is 10.1. The highest BCUT2D eigenvalue weighted by Crippen LogP contribution is 2.18. The van der Waals surface area contributed by atoms with Gasteiger partial charge in [-0.3, -0.25) is 4.90 Å². The summed E-state index contributed by atoms with van der Waals surface area (Å²) in [5.41, 5.74) is 3.47. The van der Waals surface area contributed by atoms with Crippen LogP contribution in [0.15, 0.2) is 30.5 Å². The van der Waals surface area contributed by atoms with E-state index in [9.17, 15) is 0 Å². The Morgan fingerprint density at radius 1 is 1.05 bits per heavy atom. The number of piperidine rings is 1. The molecule has 1 aliphatic rings. The molecule has 0 bridgehead atoms. The molecule has 2 heterocycles. The third-order valence-corrected chi connectivity index (χ3v) is 4.46. The minimum Gasteiger partial charge on any atom is -0.492 e. The van der Waals surface area contributed by atoms with Crippen molar-refractivity contribution in [2.75, 3.05) is 26.2 Å². The second-order valence-corrected chi connectivity index (χ2v) is 6.07. The first-order chi connectivity index (χ1) is 10.7. The van der Waals surface area contributed by atoms with Crippen molar-refractivity contribution in [1.82, 2.24) is 14.7 Å². The molecule has 3 rings (SSSR count). The average Bonchev–Trinajstić information content (AvgIpc) is 2.89. The lowest BCUT2D eigenvalue weighted by molar-refractivity contribution is 0.183. The minimum atomic E-state index is 0.763. The maximum Gasteiger partial charge on any atom is 0.119 e. The number of aryl methyl sites for hydroxylation is 1. The number of hydrogen-bond acceptors (Lipinski definition) is 3. The summed E-state index contributed by atoms with van der Waals surface area (Å²) in [7, 11) is 0. The molecule has 0 spiro atoms. The van der Waals surface area contributed by atoms with Crippen LogP contribution in [-0.2, 0) is 0 Å². The van der Waals surface area contributed by atoms with Gasteiger partial charge in [0.05, 0.1) is 11.9 Å². The van der Waals surface area contributed by atoms with Gasteiger partial charge in [-0.15, -0.1) is 0 Å². The molecular weight excluding hydrogens is 274 g/mol. The smallest absolute Gasteiger partial charge is 0.119 e. The first-order valence-corrected chi connectivity index (χ1v) is 8.21. The Morgan fingerprint density at radius 2 is 1.77 bits per heavy atom. The molecule has 1 saturated heterocycles. The van der Waals surface area contributed by atoms with Gasteiger partial charge in [-0.2, -0.15) is 5.10 Å². The lowest BCUT2D eigenvalue weighted by Crippen LogP contribution is -2.33. The second kappa shape index (κ2) is 6.97. The van der Waals surface area contributed by atoms with Crippen molar-refractivity contribution in [3.05, 3.63) is 41.7 Å². The highest BCUT2D eigenvalue weighted by atomic mass is 16.5. The Morgan fingerprint density at radius 3 is 2.41 bits per heavy atom. The molecule has 0 saturated carbocycles. The van der Waals surface area contributed by atoms with E-state index in [0.29, 0.717) is 0 Å². The van der Waals surface area contributed by atoms with Crippen molar-refractivity contribution >= 4 is 0 Å². The predicted octanol–water partition coefficient (Wildman–Crippen LogP) is 3.35. The normalized spacial score (nSPS) is 15.9. The quantitative estimate of drug-likeness (QED) is 0.848. The topological polar surface area (TPSA) is 30.3 Å². The summed E-state index contributed by atoms with van der Waals surface area (Å²) in [6, 6.07) is 8.19. The third-order valence-electron chi connectivity index (χ3n) is 4.46. The molecule has 0 N–H and O–H groups in total. The monoisotopic (exact) mass is 299 g/mol. The van der Waals surface area contributed by atoms with Crippen LogP contribution in [0, 0.1) is 13.8 Å². The van der Waals surface area contributed by atoms with Gasteiger partial charge in [0.1, 0.15) is 12.4 Å². The first kappa shape index (κ1) is 15.1. The van der Waals surface area contributed by atoms with Gasteiger partial charge in [-0.1, -0.05) is 6.42 Å². The Bertz CT molecular complexity index is 597. The molecule has 0 unspecified atom stereocenters. The van der Waals surface area contributed by atoms with Crippen molar-refractivity contribution in [3.8, 4) is 11.4 Å². The molecule has 4 nitrogen and oxygen atoms in total. The lowest BCUT2D eigenvalue weighted by Gasteiger charge is -2.26. The van der Waals surface area contributed by atoms with Gasteiger partial charge >= 0.3 is 0 Å². The highest BCUT2D eigenvalue weighted by molar-refractivity contribution is 5.38. The SMILES string of the molecule is Cc1cnn(-c2ccc(OCCN3CCCCC3)cc2)c1C. The summed E-state index contributed by atoms with van der Waals surface area (Å²) in [4.78, 5) is 2.49. The van der Waals surface area contributed by atoms with E-state index in [2.05, 4.69) is 36.0 Å². The largest absolute Gasteiger partial charge is 0.492 e. The number of rotatable bonds is 5. The van der Waals surface area contributed by atoms with Gasteiger partial charge in [0.15, 0.2) is 0 Å². The van der Waals surface area contributed by atoms with Gasteiger partial charge in [0.2, 0.25) is 0 Å². The summed E-state index contributed by atoms with van der Waals surface area (Å²) < 4.78 is 7.83. The van der Waals surface area contributed by atoms with Crippen LogP contribution < -0.4 is 4.74 Å². The zero-order chi connectivity index (χ0) is 15.4. The number of likely N-dealkylation sites (tertiary alicyclic amines) is 1. The molecular formula is C18H25N3O. The molecule has 22 heavy (non-hydrogen) atoms. The maximum absolute atomic E-state index is 5.86. The van der Waals surface area contributed by atoms with Gasteiger partial charge in [-0.05, 0) is 69.6 Å². The number of benzene rings is 1. The fourth-order valence-corrected chi connectivity index (χ4v) is 2.91. The number of nitrogens with zero attached hydrogens (tertiary/aromatic N) is 3. The first-order valence-electron chi connectivity index (χ1n) is 8.21. The maximum atomic E-state index is 5.86. The van der Waals surface area contributed by atoms with E-state index in [0.717, 1.165) is 24.6 Å². The van der Waals surface area contributed by atoms with Crippen molar-refractivity contribution in [2.45, 2.75) is 33.1 Å². The fourth-order valence-electron chi connectivity index (χ4n) is 2.91. The number of hydrogen-bond donors (Lipinski definition) is 0. The number of aromatic nitrogens is 2. The molecule has 0 radical (unpaired) electrons. The molecule has 0 amide bonds. The average molecular weight is 299 g/mol. The van der Waals surface area contributed by atoms with Gasteiger partial charge in [0, 0.05) is 12.2 Å². The van der Waals surface area contributed by atoms with E-state index >= 15 is 0 Å². The zero-order valence-corrected chi connectivity index (χ0v) is 13.6. The molecule has 4 heteroatoms. The van der Waals surface area contributed by atoms with Crippen molar-refractivity contribution in [3.63, 3.8) is 0 Å². The van der Waals surface area contributed by atoms with Crippen LogP contribution in [0.25, 0.3) is 5.69 Å². The molecule has 0 atom stereocenters. The van der Waals surface area contributed by atoms with Crippen molar-refractivity contribution in [2.24, 2.45) is 0 Å². The van der Waals surface area contributed by atoms with Crippen LogP contribution >= 0.6 is 0 Å². The Kier molecular flexibility index (Phi) is 4.78. The molecule has 1 aliphatic heterocycles. The van der Waals surface area contributed by atoms with E-state index in [1.165, 1.54) is 43.6 Å². The predicted molar refractivity (Wildman–Crippen MR) is 88.8 cm³/mol. The molecule has 118 valence electrons. The summed E-state index contributed by atoms with van der Waals surface area (Å²) in [5.74, 6) is 0.933. The van der Waals surface area contributed by atoms with Crippen LogP contribution in [0.4, 0.5) is 0 Å². The zero-order valence-electron chi connectivity index (χ0n) is 13.6. The molecule has 2 aromatic rings. The van der Waals surface area contributed by atoms with Crippen LogP contribution in [0.1, 0.15) is 30.5 Å². The van der Waals surface area contributed by atoms with E-state index in [1.54, 1.807) is 0 Å². The van der Waals surface area contributed by atoms with E-state index in [-0.39, 0.29) is 0 Å². The summed E-state index contributed by atoms with van der Waals surface area (Å²) in [5, 5.41) is 4.41. The third kappa shape index (κ3) is 3.50. The molecule has 1 aromatic heterocycles. The molecule has 1 aromatic carbocycles. The molecule has 0 aliphatic carbocycles. The van der Waals surface area contributed by atoms with Gasteiger partial charge < -0.3 is 4.74 Å². The Balaban J connectivity index is 1.54. The van der Waals surface area contributed by atoms with Gasteiger partial charge in [0.25, 0.3) is 0 Å². The summed E-state index contributed by atoms with van der Waals surface area (Å²) in [6.45, 7) is 8.40. The van der Waals surface area contributed by atoms with Crippen LogP contribution in [-0.4, -0.2) is 40.9 Å². The Hall–Kier alpha value is -1.81. The second-order valence-electron chi connectivity index (χ2n) is 6.07. The van der Waals surface area contributed by atoms with E-state index in [4.69, 9.17) is 4.74 Å². The highest BCUT2D eigenvalue weighted by Gasteiger charge is 2.09. The van der Waals surface area contributed by atoms with Crippen LogP contribution in [0.3, 0.4) is 0 Å². The Labute approximate surface area is 132 Å². The summed E-state index contributed by atoms with van der Waals surface area (Å²) >= 11 is 0. The van der Waals surface area contributed by atoms with Crippen LogP contribution in [0.2, 0.25) is 0 Å². The van der Waals surface area contributed by atoms with Gasteiger partial charge in [-0.25, -0.2) is 4.68 Å². The van der Waals surface area contributed by atoms with Crippen molar-refractivity contribution < 1.29 is 4.74 Å². The van der Waals surface area contributed by atoms with Crippen LogP contribution in [0.5, 0.6) is 5.75 Å². The summed E-state index contributed by atoms with van der Waals surface area (Å²) in [6.07, 6.45) is 5.94. The van der Waals surface area contributed by atoms with E-state index < -0.39 is 0 Å². The minimum absolute atomic E-state index is 0.763. The van der Waals surface area contributed by atoms with E-state index in [1.807, 2.05) is 23.0 Å². The standard InChI is InChI=1S/C18H25N3O/c1-15-14-19-21(16(15)2)17-6-8-18(9-7-17)22-13-12-20-10-4-3-5-11-20/h6-9,14H,3-5,10-13H2,1-2H3.